The molecule has 1 N–H and O–H groups in total. The minimum atomic E-state index is -0.483. The minimum absolute atomic E-state index is 0.483. The molecule has 0 unspecified atom stereocenters. The zero-order chi connectivity index (χ0) is 11.0. The van der Waals surface area contributed by atoms with Crippen LogP contribution < -0.4 is 0 Å². The van der Waals surface area contributed by atoms with Gasteiger partial charge in [0.05, 0.1) is 0 Å². The van der Waals surface area contributed by atoms with Crippen molar-refractivity contribution >= 4 is 32.8 Å². The number of aliphatic hydroxyl groups is 1. The molecular formula is C13H10OS2. The zero-order valence-corrected chi connectivity index (χ0v) is 10.1. The summed E-state index contributed by atoms with van der Waals surface area (Å²) in [4.78, 5) is 1.01. The van der Waals surface area contributed by atoms with Gasteiger partial charge in [-0.05, 0) is 39.9 Å². The maximum absolute atomic E-state index is 10.2. The molecule has 0 saturated carbocycles. The summed E-state index contributed by atoms with van der Waals surface area (Å²) < 4.78 is 1.23. The van der Waals surface area contributed by atoms with E-state index in [0.717, 1.165) is 10.4 Å². The Morgan fingerprint density at radius 3 is 2.75 bits per heavy atom. The number of hydrogen-bond acceptors (Lipinski definition) is 3. The molecule has 0 aliphatic rings. The Kier molecular flexibility index (Phi) is 2.52. The second kappa shape index (κ2) is 4.01. The molecule has 3 heteroatoms. The largest absolute Gasteiger partial charge is 0.383 e. The van der Waals surface area contributed by atoms with Gasteiger partial charge in [0.25, 0.3) is 0 Å². The van der Waals surface area contributed by atoms with Crippen LogP contribution in [0.25, 0.3) is 10.1 Å². The topological polar surface area (TPSA) is 20.2 Å². The van der Waals surface area contributed by atoms with Gasteiger partial charge in [-0.15, -0.1) is 11.3 Å². The van der Waals surface area contributed by atoms with Gasteiger partial charge in [-0.25, -0.2) is 0 Å². The van der Waals surface area contributed by atoms with Crippen LogP contribution in [0.15, 0.2) is 47.2 Å². The Morgan fingerprint density at radius 1 is 1.12 bits per heavy atom. The first-order valence-corrected chi connectivity index (χ1v) is 6.79. The van der Waals surface area contributed by atoms with Gasteiger partial charge in [0.15, 0.2) is 0 Å². The highest BCUT2D eigenvalue weighted by Crippen LogP contribution is 2.33. The fraction of sp³-hybridized carbons (Fsp3) is 0.0769. The van der Waals surface area contributed by atoms with E-state index >= 15 is 0 Å². The van der Waals surface area contributed by atoms with Gasteiger partial charge >= 0.3 is 0 Å². The van der Waals surface area contributed by atoms with Gasteiger partial charge in [0, 0.05) is 9.58 Å². The van der Waals surface area contributed by atoms with Crippen molar-refractivity contribution in [3.63, 3.8) is 0 Å². The second-order valence-corrected chi connectivity index (χ2v) is 5.54. The van der Waals surface area contributed by atoms with Crippen LogP contribution in [-0.2, 0) is 0 Å². The molecule has 0 radical (unpaired) electrons. The van der Waals surface area contributed by atoms with Crippen molar-refractivity contribution in [2.75, 3.05) is 0 Å². The van der Waals surface area contributed by atoms with Crippen LogP contribution in [0, 0.1) is 0 Å². The molecule has 80 valence electrons. The quantitative estimate of drug-likeness (QED) is 0.723. The summed E-state index contributed by atoms with van der Waals surface area (Å²) >= 11 is 3.27. The zero-order valence-electron chi connectivity index (χ0n) is 8.46. The summed E-state index contributed by atoms with van der Waals surface area (Å²) in [6.45, 7) is 0. The first-order valence-electron chi connectivity index (χ1n) is 5.03. The Balaban J connectivity index is 2.06. The third-order valence-electron chi connectivity index (χ3n) is 2.57. The van der Waals surface area contributed by atoms with Gasteiger partial charge in [0.1, 0.15) is 6.10 Å². The summed E-state index contributed by atoms with van der Waals surface area (Å²) in [5.74, 6) is 0. The molecule has 0 bridgehead atoms. The van der Waals surface area contributed by atoms with Crippen LogP contribution in [0.4, 0.5) is 0 Å². The molecule has 1 atom stereocenters. The number of hydrogen-bond donors (Lipinski definition) is 1. The average molecular weight is 246 g/mol. The van der Waals surface area contributed by atoms with Crippen molar-refractivity contribution in [1.29, 1.82) is 0 Å². The summed E-state index contributed by atoms with van der Waals surface area (Å²) in [7, 11) is 0. The Morgan fingerprint density at radius 2 is 2.00 bits per heavy atom. The molecule has 3 aromatic rings. The summed E-state index contributed by atoms with van der Waals surface area (Å²) in [5.41, 5.74) is 0.983. The maximum atomic E-state index is 10.2. The van der Waals surface area contributed by atoms with Crippen LogP contribution in [-0.4, -0.2) is 5.11 Å². The lowest BCUT2D eigenvalue weighted by molar-refractivity contribution is 0.225. The Labute approximate surface area is 102 Å². The predicted molar refractivity (Wildman–Crippen MR) is 70.2 cm³/mol. The SMILES string of the molecule is O[C@@H](c1ccsc1)c1cc2ccccc2s1. The number of fused-ring (bicyclic) bond motifs is 1. The lowest BCUT2D eigenvalue weighted by atomic mass is 10.1. The molecule has 0 fully saturated rings. The Bertz CT molecular complexity index is 562. The van der Waals surface area contributed by atoms with Crippen molar-refractivity contribution < 1.29 is 5.11 Å². The highest BCUT2D eigenvalue weighted by Gasteiger charge is 2.13. The Hall–Kier alpha value is -1.16. The van der Waals surface area contributed by atoms with Gasteiger partial charge in [0.2, 0.25) is 0 Å². The number of benzene rings is 1. The summed E-state index contributed by atoms with van der Waals surface area (Å²) in [5, 5.41) is 15.4. The van der Waals surface area contributed by atoms with E-state index in [-0.39, 0.29) is 0 Å². The van der Waals surface area contributed by atoms with E-state index in [1.807, 2.05) is 29.0 Å². The highest BCUT2D eigenvalue weighted by molar-refractivity contribution is 7.19. The first kappa shape index (κ1) is 10.0. The van der Waals surface area contributed by atoms with Crippen molar-refractivity contribution in [1.82, 2.24) is 0 Å². The fourth-order valence-corrected chi connectivity index (χ4v) is 3.49. The monoisotopic (exact) mass is 246 g/mol. The first-order chi connectivity index (χ1) is 7.84. The molecule has 3 rings (SSSR count). The second-order valence-electron chi connectivity index (χ2n) is 3.65. The van der Waals surface area contributed by atoms with Crippen molar-refractivity contribution in [3.8, 4) is 0 Å². The molecule has 0 saturated heterocycles. The molecule has 1 aromatic carbocycles. The van der Waals surface area contributed by atoms with E-state index in [0.29, 0.717) is 0 Å². The van der Waals surface area contributed by atoms with Crippen LogP contribution in [0.2, 0.25) is 0 Å². The normalized spacial score (nSPS) is 13.1. The fourth-order valence-electron chi connectivity index (χ4n) is 1.73. The summed E-state index contributed by atoms with van der Waals surface area (Å²) in [6, 6.07) is 12.3. The molecular weight excluding hydrogens is 236 g/mol. The van der Waals surface area contributed by atoms with Gasteiger partial charge in [-0.3, -0.25) is 0 Å². The van der Waals surface area contributed by atoms with E-state index in [9.17, 15) is 5.11 Å². The smallest absolute Gasteiger partial charge is 0.114 e. The van der Waals surface area contributed by atoms with Gasteiger partial charge in [-0.2, -0.15) is 11.3 Å². The van der Waals surface area contributed by atoms with E-state index in [4.69, 9.17) is 0 Å². The van der Waals surface area contributed by atoms with Crippen LogP contribution >= 0.6 is 22.7 Å². The third-order valence-corrected chi connectivity index (χ3v) is 4.44. The van der Waals surface area contributed by atoms with E-state index in [1.54, 1.807) is 22.7 Å². The molecule has 0 spiro atoms. The number of rotatable bonds is 2. The molecule has 1 nitrogen and oxygen atoms in total. The lowest BCUT2D eigenvalue weighted by Gasteiger charge is -2.04. The van der Waals surface area contributed by atoms with E-state index in [1.165, 1.54) is 10.1 Å². The van der Waals surface area contributed by atoms with Crippen LogP contribution in [0.1, 0.15) is 16.5 Å². The van der Waals surface area contributed by atoms with Gasteiger partial charge < -0.3 is 5.11 Å². The average Bonchev–Trinajstić information content (AvgIpc) is 2.97. The van der Waals surface area contributed by atoms with Crippen molar-refractivity contribution in [2.45, 2.75) is 6.10 Å². The summed E-state index contributed by atoms with van der Waals surface area (Å²) in [6.07, 6.45) is -0.483. The predicted octanol–water partition coefficient (Wildman–Crippen LogP) is 4.04. The van der Waals surface area contributed by atoms with Crippen LogP contribution in [0.3, 0.4) is 0 Å². The lowest BCUT2D eigenvalue weighted by Crippen LogP contribution is -1.93. The molecule has 16 heavy (non-hydrogen) atoms. The van der Waals surface area contributed by atoms with E-state index < -0.39 is 6.10 Å². The minimum Gasteiger partial charge on any atom is -0.383 e. The van der Waals surface area contributed by atoms with Gasteiger partial charge in [-0.1, -0.05) is 18.2 Å². The highest BCUT2D eigenvalue weighted by atomic mass is 32.1. The molecule has 0 amide bonds. The van der Waals surface area contributed by atoms with Crippen LogP contribution in [0.5, 0.6) is 0 Å². The molecule has 0 aliphatic carbocycles. The number of thiophene rings is 2. The third kappa shape index (κ3) is 1.67. The molecule has 2 aromatic heterocycles. The van der Waals surface area contributed by atoms with Crippen molar-refractivity contribution in [3.05, 3.63) is 57.6 Å². The number of aliphatic hydroxyl groups excluding tert-OH is 1. The molecule has 2 heterocycles. The van der Waals surface area contributed by atoms with Crippen molar-refractivity contribution in [2.24, 2.45) is 0 Å². The van der Waals surface area contributed by atoms with E-state index in [2.05, 4.69) is 18.2 Å². The molecule has 0 aliphatic heterocycles. The standard InChI is InChI=1S/C13H10OS2/c14-13(10-5-6-15-8-10)12-7-9-3-1-2-4-11(9)16-12/h1-8,13-14H/t13-/m0/s1. The maximum Gasteiger partial charge on any atom is 0.114 e.